The summed E-state index contributed by atoms with van der Waals surface area (Å²) in [5.41, 5.74) is 3.72. The lowest BCUT2D eigenvalue weighted by atomic mass is 10.1. The second-order valence-electron chi connectivity index (χ2n) is 6.35. The molecule has 0 saturated heterocycles. The highest BCUT2D eigenvalue weighted by molar-refractivity contribution is 5.82. The van der Waals surface area contributed by atoms with Crippen LogP contribution in [0.2, 0.25) is 0 Å². The van der Waals surface area contributed by atoms with Gasteiger partial charge in [0.1, 0.15) is 0 Å². The molecule has 0 saturated carbocycles. The van der Waals surface area contributed by atoms with Gasteiger partial charge in [-0.2, -0.15) is 0 Å². The Morgan fingerprint density at radius 1 is 0.960 bits per heavy atom. The van der Waals surface area contributed by atoms with E-state index in [-0.39, 0.29) is 0 Å². The van der Waals surface area contributed by atoms with Crippen molar-refractivity contribution in [2.24, 2.45) is 0 Å². The maximum absolute atomic E-state index is 4.09. The molecule has 4 aromatic rings. The minimum Gasteiger partial charge on any atom is -0.306 e. The molecule has 1 heterocycles. The first-order valence-electron chi connectivity index (χ1n) is 8.59. The van der Waals surface area contributed by atoms with Crippen LogP contribution in [0.4, 0.5) is 0 Å². The van der Waals surface area contributed by atoms with E-state index >= 15 is 0 Å². The van der Waals surface area contributed by atoms with E-state index in [1.807, 2.05) is 17.1 Å². The number of rotatable bonds is 5. The fourth-order valence-electron chi connectivity index (χ4n) is 3.08. The number of benzene rings is 3. The molecule has 0 aliphatic rings. The van der Waals surface area contributed by atoms with E-state index in [0.29, 0.717) is 6.04 Å². The number of imidazole rings is 1. The van der Waals surface area contributed by atoms with Gasteiger partial charge in [-0.3, -0.25) is 0 Å². The molecule has 0 fully saturated rings. The lowest BCUT2D eigenvalue weighted by molar-refractivity contribution is 0.575. The highest BCUT2D eigenvalue weighted by atomic mass is 15.0. The number of aromatic nitrogens is 2. The summed E-state index contributed by atoms with van der Waals surface area (Å²) in [5, 5.41) is 6.19. The molecule has 3 heteroatoms. The van der Waals surface area contributed by atoms with E-state index in [1.165, 1.54) is 21.9 Å². The molecule has 1 atom stereocenters. The fraction of sp³-hybridized carbons (Fsp3) is 0.136. The van der Waals surface area contributed by atoms with Gasteiger partial charge in [-0.25, -0.2) is 4.98 Å². The summed E-state index contributed by atoms with van der Waals surface area (Å²) in [5.74, 6) is 0. The predicted octanol–water partition coefficient (Wildman–Crippen LogP) is 4.88. The van der Waals surface area contributed by atoms with Crippen molar-refractivity contribution in [2.45, 2.75) is 19.5 Å². The maximum Gasteiger partial charge on any atom is 0.0991 e. The van der Waals surface area contributed by atoms with Crippen LogP contribution in [-0.4, -0.2) is 9.55 Å². The van der Waals surface area contributed by atoms with E-state index in [9.17, 15) is 0 Å². The summed E-state index contributed by atoms with van der Waals surface area (Å²) < 4.78 is 2.01. The third kappa shape index (κ3) is 3.47. The Kier molecular flexibility index (Phi) is 4.32. The average Bonchev–Trinajstić information content (AvgIpc) is 3.21. The molecule has 4 rings (SSSR count). The summed E-state index contributed by atoms with van der Waals surface area (Å²) in [6.45, 7) is 3.06. The molecule has 0 spiro atoms. The Balaban J connectivity index is 1.43. The maximum atomic E-state index is 4.09. The summed E-state index contributed by atoms with van der Waals surface area (Å²) in [7, 11) is 0. The van der Waals surface area contributed by atoms with Crippen molar-refractivity contribution in [2.75, 3.05) is 0 Å². The molecule has 0 aliphatic carbocycles. The molecule has 0 aliphatic heterocycles. The number of fused-ring (bicyclic) bond motifs is 1. The van der Waals surface area contributed by atoms with Gasteiger partial charge in [-0.15, -0.1) is 0 Å². The first-order valence-corrected chi connectivity index (χ1v) is 8.59. The quantitative estimate of drug-likeness (QED) is 0.566. The van der Waals surface area contributed by atoms with Crippen LogP contribution in [0.15, 0.2) is 85.5 Å². The minimum atomic E-state index is 0.295. The topological polar surface area (TPSA) is 29.9 Å². The highest BCUT2D eigenvalue weighted by Gasteiger charge is 2.06. The van der Waals surface area contributed by atoms with Crippen molar-refractivity contribution in [3.63, 3.8) is 0 Å². The van der Waals surface area contributed by atoms with Gasteiger partial charge in [0.25, 0.3) is 0 Å². The Bertz CT molecular complexity index is 956. The van der Waals surface area contributed by atoms with Crippen molar-refractivity contribution >= 4 is 10.8 Å². The smallest absolute Gasteiger partial charge is 0.0991 e. The number of hydrogen-bond acceptors (Lipinski definition) is 2. The zero-order valence-electron chi connectivity index (χ0n) is 14.3. The van der Waals surface area contributed by atoms with Crippen LogP contribution >= 0.6 is 0 Å². The first-order chi connectivity index (χ1) is 12.3. The first kappa shape index (κ1) is 15.6. The van der Waals surface area contributed by atoms with E-state index in [1.54, 1.807) is 6.20 Å². The molecule has 3 nitrogen and oxygen atoms in total. The van der Waals surface area contributed by atoms with Crippen LogP contribution in [0.3, 0.4) is 0 Å². The molecule has 0 amide bonds. The van der Waals surface area contributed by atoms with Crippen LogP contribution in [0.1, 0.15) is 24.1 Å². The van der Waals surface area contributed by atoms with Crippen molar-refractivity contribution < 1.29 is 0 Å². The van der Waals surface area contributed by atoms with E-state index in [2.05, 4.69) is 84.0 Å². The normalized spacial score (nSPS) is 12.4. The second-order valence-corrected chi connectivity index (χ2v) is 6.35. The summed E-state index contributed by atoms with van der Waals surface area (Å²) in [6.07, 6.45) is 5.56. The van der Waals surface area contributed by atoms with Gasteiger partial charge in [0.2, 0.25) is 0 Å². The van der Waals surface area contributed by atoms with Crippen LogP contribution in [0.5, 0.6) is 0 Å². The van der Waals surface area contributed by atoms with Crippen molar-refractivity contribution in [1.29, 1.82) is 0 Å². The molecular formula is C22H21N3. The molecule has 0 bridgehead atoms. The van der Waals surface area contributed by atoms with Gasteiger partial charge < -0.3 is 9.88 Å². The van der Waals surface area contributed by atoms with Crippen LogP contribution in [0.25, 0.3) is 16.5 Å². The monoisotopic (exact) mass is 327 g/mol. The number of nitrogens with zero attached hydrogens (tertiary/aromatic N) is 2. The molecule has 1 aromatic heterocycles. The molecule has 0 radical (unpaired) electrons. The van der Waals surface area contributed by atoms with Gasteiger partial charge in [-0.1, -0.05) is 48.5 Å². The van der Waals surface area contributed by atoms with Crippen molar-refractivity contribution in [3.8, 4) is 5.69 Å². The van der Waals surface area contributed by atoms with Crippen LogP contribution < -0.4 is 5.32 Å². The zero-order chi connectivity index (χ0) is 17.1. The predicted molar refractivity (Wildman–Crippen MR) is 103 cm³/mol. The molecular weight excluding hydrogens is 306 g/mol. The van der Waals surface area contributed by atoms with Crippen LogP contribution in [0, 0.1) is 0 Å². The lowest BCUT2D eigenvalue weighted by Gasteiger charge is -2.15. The Morgan fingerprint density at radius 3 is 2.52 bits per heavy atom. The molecule has 3 aromatic carbocycles. The molecule has 1 N–H and O–H groups in total. The fourth-order valence-corrected chi connectivity index (χ4v) is 3.08. The van der Waals surface area contributed by atoms with Gasteiger partial charge in [0.15, 0.2) is 0 Å². The Hall–Kier alpha value is -2.91. The molecule has 25 heavy (non-hydrogen) atoms. The number of nitrogens with one attached hydrogen (secondary N) is 1. The average molecular weight is 327 g/mol. The molecule has 124 valence electrons. The highest BCUT2D eigenvalue weighted by Crippen LogP contribution is 2.18. The SMILES string of the molecule is CC(NCc1ccc2ccccc2c1)c1ccc(-n2ccnc2)cc1. The van der Waals surface area contributed by atoms with Crippen molar-refractivity contribution in [3.05, 3.63) is 96.6 Å². The third-order valence-corrected chi connectivity index (χ3v) is 4.62. The summed E-state index contributed by atoms with van der Waals surface area (Å²) >= 11 is 0. The second kappa shape index (κ2) is 6.91. The standard InChI is InChI=1S/C22H21N3/c1-17(19-8-10-22(11-9-19)25-13-12-23-16-25)24-15-18-6-7-20-4-2-3-5-21(20)14-18/h2-14,16-17,24H,15H2,1H3. The summed E-state index contributed by atoms with van der Waals surface area (Å²) in [4.78, 5) is 4.09. The van der Waals surface area contributed by atoms with Crippen LogP contribution in [-0.2, 0) is 6.54 Å². The van der Waals surface area contributed by atoms with Gasteiger partial charge >= 0.3 is 0 Å². The zero-order valence-corrected chi connectivity index (χ0v) is 14.3. The minimum absolute atomic E-state index is 0.295. The van der Waals surface area contributed by atoms with E-state index < -0.39 is 0 Å². The van der Waals surface area contributed by atoms with Crippen molar-refractivity contribution in [1.82, 2.24) is 14.9 Å². The lowest BCUT2D eigenvalue weighted by Crippen LogP contribution is -2.18. The van der Waals surface area contributed by atoms with Gasteiger partial charge in [0, 0.05) is 30.7 Å². The van der Waals surface area contributed by atoms with E-state index in [4.69, 9.17) is 0 Å². The molecule has 1 unspecified atom stereocenters. The Labute approximate surface area is 148 Å². The van der Waals surface area contributed by atoms with Gasteiger partial charge in [0.05, 0.1) is 6.33 Å². The van der Waals surface area contributed by atoms with E-state index in [0.717, 1.165) is 12.2 Å². The largest absolute Gasteiger partial charge is 0.306 e. The summed E-state index contributed by atoms with van der Waals surface area (Å²) in [6, 6.07) is 24.0. The Morgan fingerprint density at radius 2 is 1.76 bits per heavy atom. The number of hydrogen-bond donors (Lipinski definition) is 1. The van der Waals surface area contributed by atoms with Gasteiger partial charge in [-0.05, 0) is 47.0 Å². The third-order valence-electron chi connectivity index (χ3n) is 4.62.